The molecule has 35 heavy (non-hydrogen) atoms. The van der Waals surface area contributed by atoms with Gasteiger partial charge in [-0.2, -0.15) is 11.8 Å². The van der Waals surface area contributed by atoms with Crippen LogP contribution in [0.1, 0.15) is 25.7 Å². The lowest BCUT2D eigenvalue weighted by atomic mass is 10.0. The lowest BCUT2D eigenvalue weighted by Crippen LogP contribution is -2.36. The first-order valence-electron chi connectivity index (χ1n) is 12.1. The van der Waals surface area contributed by atoms with Crippen molar-refractivity contribution in [1.29, 1.82) is 0 Å². The molecule has 3 atom stereocenters. The summed E-state index contributed by atoms with van der Waals surface area (Å²) in [5.74, 6) is 1.02. The minimum absolute atomic E-state index is 0.0562. The number of nitrogens with two attached hydrogens (primary N) is 2. The summed E-state index contributed by atoms with van der Waals surface area (Å²) < 4.78 is 0. The van der Waals surface area contributed by atoms with Crippen molar-refractivity contribution in [3.8, 4) is 0 Å². The molecule has 0 saturated carbocycles. The number of thioether (sulfide) groups is 1. The SMILES string of the molecule is Nc1ccc2c(NCCNC(=O)CCCC[C@@H]3SC[C@H]4NC(=O)N[C@H]34)c3ccc(N)cc3nc2c1. The second-order valence-corrected chi connectivity index (χ2v) is 10.5. The summed E-state index contributed by atoms with van der Waals surface area (Å²) in [6.45, 7) is 1.11. The van der Waals surface area contributed by atoms with Crippen LogP contribution >= 0.6 is 11.8 Å². The molecule has 2 aliphatic heterocycles. The Morgan fingerprint density at radius 3 is 2.46 bits per heavy atom. The highest BCUT2D eigenvalue weighted by Crippen LogP contribution is 2.34. The first kappa shape index (κ1) is 23.3. The third kappa shape index (κ3) is 5.17. The van der Waals surface area contributed by atoms with E-state index in [1.165, 1.54) is 0 Å². The molecule has 2 aliphatic rings. The zero-order valence-electron chi connectivity index (χ0n) is 19.5. The van der Waals surface area contributed by atoms with Gasteiger partial charge in [-0.05, 0) is 49.2 Å². The number of carbonyl (C=O) groups is 2. The van der Waals surface area contributed by atoms with Gasteiger partial charge in [0.2, 0.25) is 5.91 Å². The van der Waals surface area contributed by atoms with E-state index in [4.69, 9.17) is 16.5 Å². The first-order valence-corrected chi connectivity index (χ1v) is 13.1. The van der Waals surface area contributed by atoms with E-state index < -0.39 is 0 Å². The van der Waals surface area contributed by atoms with Crippen molar-refractivity contribution in [1.82, 2.24) is 20.9 Å². The molecule has 3 amide bonds. The fourth-order valence-electron chi connectivity index (χ4n) is 4.92. The smallest absolute Gasteiger partial charge is 0.315 e. The largest absolute Gasteiger partial charge is 0.399 e. The Bertz CT molecular complexity index is 1210. The summed E-state index contributed by atoms with van der Waals surface area (Å²) in [6, 6.07) is 11.8. The minimum atomic E-state index is -0.0562. The average Bonchev–Trinajstić information content (AvgIpc) is 3.37. The van der Waals surface area contributed by atoms with Crippen LogP contribution in [0.5, 0.6) is 0 Å². The molecular weight excluding hydrogens is 462 g/mol. The van der Waals surface area contributed by atoms with E-state index in [0.717, 1.165) is 52.5 Å². The second kappa shape index (κ2) is 10.1. The summed E-state index contributed by atoms with van der Waals surface area (Å²) in [6.07, 6.45) is 3.34. The zero-order valence-corrected chi connectivity index (χ0v) is 20.3. The monoisotopic (exact) mass is 493 g/mol. The van der Waals surface area contributed by atoms with Crippen LogP contribution in [0.3, 0.4) is 0 Å². The van der Waals surface area contributed by atoms with E-state index in [-0.39, 0.29) is 24.0 Å². The van der Waals surface area contributed by atoms with Crippen LogP contribution < -0.4 is 32.7 Å². The molecule has 184 valence electrons. The van der Waals surface area contributed by atoms with Crippen LogP contribution in [0.15, 0.2) is 36.4 Å². The molecule has 3 aromatic rings. The topological polar surface area (TPSA) is 147 Å². The zero-order chi connectivity index (χ0) is 24.4. The quantitative estimate of drug-likeness (QED) is 0.116. The van der Waals surface area contributed by atoms with Crippen LogP contribution in [-0.4, -0.2) is 53.1 Å². The normalized spacial score (nSPS) is 21.0. The molecule has 5 rings (SSSR count). The maximum absolute atomic E-state index is 12.3. The van der Waals surface area contributed by atoms with Crippen LogP contribution in [0.4, 0.5) is 21.9 Å². The average molecular weight is 494 g/mol. The summed E-state index contributed by atoms with van der Waals surface area (Å²) in [4.78, 5) is 28.5. The molecule has 2 aromatic carbocycles. The van der Waals surface area contributed by atoms with Gasteiger partial charge in [-0.1, -0.05) is 6.42 Å². The number of nitrogen functional groups attached to an aromatic ring is 2. The van der Waals surface area contributed by atoms with Gasteiger partial charge in [0.1, 0.15) is 0 Å². The number of unbranched alkanes of at least 4 members (excludes halogenated alkanes) is 1. The van der Waals surface area contributed by atoms with Crippen LogP contribution in [-0.2, 0) is 4.79 Å². The van der Waals surface area contributed by atoms with E-state index in [9.17, 15) is 9.59 Å². The third-order valence-electron chi connectivity index (χ3n) is 6.65. The molecule has 8 N–H and O–H groups in total. The molecule has 1 aromatic heterocycles. The van der Waals surface area contributed by atoms with Crippen molar-refractivity contribution >= 4 is 62.6 Å². The molecule has 10 heteroatoms. The Morgan fingerprint density at radius 2 is 1.74 bits per heavy atom. The Labute approximate surface area is 208 Å². The Kier molecular flexibility index (Phi) is 6.72. The molecule has 3 heterocycles. The number of pyridine rings is 1. The maximum Gasteiger partial charge on any atom is 0.315 e. The highest BCUT2D eigenvalue weighted by atomic mass is 32.2. The van der Waals surface area contributed by atoms with Gasteiger partial charge >= 0.3 is 6.03 Å². The summed E-state index contributed by atoms with van der Waals surface area (Å²) in [7, 11) is 0. The number of amides is 3. The van der Waals surface area contributed by atoms with Gasteiger partial charge < -0.3 is 32.7 Å². The van der Waals surface area contributed by atoms with Gasteiger partial charge in [0.15, 0.2) is 0 Å². The standard InChI is InChI=1S/C25H31N7O2S/c26-14-5-7-16-18(11-14)30-19-12-15(27)6-8-17(19)23(16)29-10-9-28-22(33)4-2-1-3-21-24-20(13-35-21)31-25(34)32-24/h5-8,11-12,20-21,24H,1-4,9-10,13,26-27H2,(H,28,33)(H,29,30)(H2,31,32,34)/t20-,21+,24+/m1/s1. The Morgan fingerprint density at radius 1 is 1.03 bits per heavy atom. The van der Waals surface area contributed by atoms with Crippen LogP contribution in [0.25, 0.3) is 21.8 Å². The number of anilines is 3. The number of aromatic nitrogens is 1. The lowest BCUT2D eigenvalue weighted by molar-refractivity contribution is -0.121. The number of rotatable bonds is 9. The highest BCUT2D eigenvalue weighted by molar-refractivity contribution is 8.00. The number of carbonyl (C=O) groups excluding carboxylic acids is 2. The fourth-order valence-corrected chi connectivity index (χ4v) is 6.47. The Hall–Kier alpha value is -3.40. The fraction of sp³-hybridized carbons (Fsp3) is 0.400. The van der Waals surface area contributed by atoms with Gasteiger partial charge in [0.25, 0.3) is 0 Å². The molecule has 0 unspecified atom stereocenters. The molecule has 2 saturated heterocycles. The van der Waals surface area contributed by atoms with Gasteiger partial charge in [-0.25, -0.2) is 9.78 Å². The lowest BCUT2D eigenvalue weighted by Gasteiger charge is -2.16. The van der Waals surface area contributed by atoms with E-state index >= 15 is 0 Å². The van der Waals surface area contributed by atoms with Crippen molar-refractivity contribution in [3.63, 3.8) is 0 Å². The van der Waals surface area contributed by atoms with E-state index in [2.05, 4.69) is 21.3 Å². The van der Waals surface area contributed by atoms with Gasteiger partial charge in [-0.3, -0.25) is 4.79 Å². The first-order chi connectivity index (χ1) is 17.0. The molecule has 0 spiro atoms. The Balaban J connectivity index is 1.10. The van der Waals surface area contributed by atoms with E-state index in [1.54, 1.807) is 0 Å². The number of hydrogen-bond donors (Lipinski definition) is 6. The predicted octanol–water partition coefficient (Wildman–Crippen LogP) is 2.81. The van der Waals surface area contributed by atoms with Gasteiger partial charge in [0, 0.05) is 52.7 Å². The van der Waals surface area contributed by atoms with E-state index in [0.29, 0.717) is 36.1 Å². The van der Waals surface area contributed by atoms with Crippen molar-refractivity contribution < 1.29 is 9.59 Å². The van der Waals surface area contributed by atoms with Crippen molar-refractivity contribution in [2.24, 2.45) is 0 Å². The number of urea groups is 1. The summed E-state index contributed by atoms with van der Waals surface area (Å²) in [5.41, 5.74) is 15.8. The molecular formula is C25H31N7O2S. The van der Waals surface area contributed by atoms with Crippen LogP contribution in [0.2, 0.25) is 0 Å². The molecule has 2 fully saturated rings. The highest BCUT2D eigenvalue weighted by Gasteiger charge is 2.42. The molecule has 0 aliphatic carbocycles. The third-order valence-corrected chi connectivity index (χ3v) is 8.16. The van der Waals surface area contributed by atoms with Crippen LogP contribution in [0, 0.1) is 0 Å². The maximum atomic E-state index is 12.3. The van der Waals surface area contributed by atoms with Crippen molar-refractivity contribution in [3.05, 3.63) is 36.4 Å². The number of nitrogens with zero attached hydrogens (tertiary/aromatic N) is 1. The number of benzene rings is 2. The number of nitrogens with one attached hydrogen (secondary N) is 4. The van der Waals surface area contributed by atoms with E-state index in [1.807, 2.05) is 48.2 Å². The summed E-state index contributed by atoms with van der Waals surface area (Å²) >= 11 is 1.91. The number of hydrogen-bond acceptors (Lipinski definition) is 7. The van der Waals surface area contributed by atoms with Gasteiger partial charge in [-0.15, -0.1) is 0 Å². The molecule has 0 radical (unpaired) electrons. The second-order valence-electron chi connectivity index (χ2n) is 9.18. The van der Waals surface area contributed by atoms with Gasteiger partial charge in [0.05, 0.1) is 28.8 Å². The van der Waals surface area contributed by atoms with Crippen molar-refractivity contribution in [2.75, 3.05) is 35.6 Å². The van der Waals surface area contributed by atoms with Crippen molar-refractivity contribution in [2.45, 2.75) is 43.0 Å². The molecule has 9 nitrogen and oxygen atoms in total. The molecule has 0 bridgehead atoms. The predicted molar refractivity (Wildman–Crippen MR) is 144 cm³/mol. The summed E-state index contributed by atoms with van der Waals surface area (Å²) in [5, 5.41) is 14.8. The minimum Gasteiger partial charge on any atom is -0.399 e. The number of fused-ring (bicyclic) bond motifs is 3.